The van der Waals surface area contributed by atoms with Crippen molar-refractivity contribution >= 4 is 17.3 Å². The number of amides is 1. The van der Waals surface area contributed by atoms with Gasteiger partial charge in [0.15, 0.2) is 0 Å². The monoisotopic (exact) mass is 430 g/mol. The van der Waals surface area contributed by atoms with Gasteiger partial charge in [-0.25, -0.2) is 4.39 Å². The van der Waals surface area contributed by atoms with Gasteiger partial charge in [-0.2, -0.15) is 0 Å². The minimum atomic E-state index is -0.214. The van der Waals surface area contributed by atoms with Crippen molar-refractivity contribution in [2.24, 2.45) is 5.92 Å². The SMILES string of the molecule is O=C(NCCc1ccccn1)[C@@H]1Cc2ccccc2N2CCN(c3ccccc3F)C[C@H]12. The lowest BCUT2D eigenvalue weighted by atomic mass is 9.83. The van der Waals surface area contributed by atoms with E-state index in [0.717, 1.165) is 18.8 Å². The molecule has 164 valence electrons. The van der Waals surface area contributed by atoms with Crippen molar-refractivity contribution in [3.05, 3.63) is 90.0 Å². The van der Waals surface area contributed by atoms with Gasteiger partial charge in [0.1, 0.15) is 5.82 Å². The molecule has 0 bridgehead atoms. The number of rotatable bonds is 5. The summed E-state index contributed by atoms with van der Waals surface area (Å²) in [5.74, 6) is -0.349. The third-order valence-corrected chi connectivity index (χ3v) is 6.56. The summed E-state index contributed by atoms with van der Waals surface area (Å²) in [4.78, 5) is 22.1. The number of carbonyl (C=O) groups excluding carboxylic acids is 1. The van der Waals surface area contributed by atoms with E-state index in [0.29, 0.717) is 31.6 Å². The number of fused-ring (bicyclic) bond motifs is 3. The number of carbonyl (C=O) groups is 1. The van der Waals surface area contributed by atoms with Gasteiger partial charge in [0.05, 0.1) is 17.6 Å². The topological polar surface area (TPSA) is 48.5 Å². The highest BCUT2D eigenvalue weighted by Gasteiger charge is 2.41. The third-order valence-electron chi connectivity index (χ3n) is 6.56. The number of piperazine rings is 1. The molecule has 1 fully saturated rings. The molecule has 0 unspecified atom stereocenters. The summed E-state index contributed by atoms with van der Waals surface area (Å²) < 4.78 is 14.5. The molecule has 32 heavy (non-hydrogen) atoms. The van der Waals surface area contributed by atoms with Crippen LogP contribution in [0.5, 0.6) is 0 Å². The van der Waals surface area contributed by atoms with Gasteiger partial charge in [-0.3, -0.25) is 9.78 Å². The van der Waals surface area contributed by atoms with E-state index in [9.17, 15) is 9.18 Å². The van der Waals surface area contributed by atoms with Crippen LogP contribution in [-0.4, -0.2) is 43.1 Å². The predicted molar refractivity (Wildman–Crippen MR) is 124 cm³/mol. The Kier molecular flexibility index (Phi) is 5.75. The number of benzene rings is 2. The van der Waals surface area contributed by atoms with Crippen molar-refractivity contribution < 1.29 is 9.18 Å². The average Bonchev–Trinajstić information content (AvgIpc) is 2.84. The first-order valence-electron chi connectivity index (χ1n) is 11.2. The fourth-order valence-corrected chi connectivity index (χ4v) is 4.98. The Morgan fingerprint density at radius 3 is 2.59 bits per heavy atom. The molecule has 6 heteroatoms. The summed E-state index contributed by atoms with van der Waals surface area (Å²) in [6, 6.07) is 21.0. The summed E-state index contributed by atoms with van der Waals surface area (Å²) in [7, 11) is 0. The average molecular weight is 431 g/mol. The molecule has 5 nitrogen and oxygen atoms in total. The second-order valence-corrected chi connectivity index (χ2v) is 8.46. The molecule has 2 aliphatic rings. The third kappa shape index (κ3) is 4.05. The van der Waals surface area contributed by atoms with Crippen LogP contribution in [0.1, 0.15) is 11.3 Å². The molecule has 2 aliphatic heterocycles. The van der Waals surface area contributed by atoms with Gasteiger partial charge in [0, 0.05) is 50.2 Å². The highest BCUT2D eigenvalue weighted by Crippen LogP contribution is 2.37. The molecule has 0 spiro atoms. The number of hydrogen-bond acceptors (Lipinski definition) is 4. The summed E-state index contributed by atoms with van der Waals surface area (Å²) >= 11 is 0. The maximum Gasteiger partial charge on any atom is 0.225 e. The fraction of sp³-hybridized carbons (Fsp3) is 0.308. The second kappa shape index (κ2) is 8.99. The van der Waals surface area contributed by atoms with Crippen molar-refractivity contribution in [1.82, 2.24) is 10.3 Å². The van der Waals surface area contributed by atoms with E-state index in [1.807, 2.05) is 42.5 Å². The molecule has 1 N–H and O–H groups in total. The van der Waals surface area contributed by atoms with Crippen molar-refractivity contribution in [1.29, 1.82) is 0 Å². The first-order valence-corrected chi connectivity index (χ1v) is 11.2. The Labute approximate surface area is 187 Å². The number of aromatic nitrogens is 1. The molecule has 1 amide bonds. The van der Waals surface area contributed by atoms with Crippen molar-refractivity contribution in [3.63, 3.8) is 0 Å². The molecular weight excluding hydrogens is 403 g/mol. The largest absolute Gasteiger partial charge is 0.365 e. The number of nitrogens with zero attached hydrogens (tertiary/aromatic N) is 3. The molecule has 2 atom stereocenters. The summed E-state index contributed by atoms with van der Waals surface area (Å²) in [5.41, 5.74) is 3.98. The number of nitrogens with one attached hydrogen (secondary N) is 1. The zero-order valence-electron chi connectivity index (χ0n) is 18.0. The summed E-state index contributed by atoms with van der Waals surface area (Å²) in [6.45, 7) is 2.65. The van der Waals surface area contributed by atoms with Crippen molar-refractivity contribution in [3.8, 4) is 0 Å². The number of halogens is 1. The predicted octanol–water partition coefficient (Wildman–Crippen LogP) is 3.45. The number of pyridine rings is 1. The molecule has 1 saturated heterocycles. The van der Waals surface area contributed by atoms with E-state index < -0.39 is 0 Å². The number of hydrogen-bond donors (Lipinski definition) is 1. The highest BCUT2D eigenvalue weighted by atomic mass is 19.1. The van der Waals surface area contributed by atoms with Crippen LogP contribution >= 0.6 is 0 Å². The molecule has 3 aromatic rings. The molecule has 0 aliphatic carbocycles. The van der Waals surface area contributed by atoms with Crippen LogP contribution in [0.4, 0.5) is 15.8 Å². The normalized spacial score (nSPS) is 19.8. The highest BCUT2D eigenvalue weighted by molar-refractivity contribution is 5.82. The maximum atomic E-state index is 14.5. The van der Waals surface area contributed by atoms with E-state index >= 15 is 0 Å². The lowest BCUT2D eigenvalue weighted by Gasteiger charge is -2.49. The van der Waals surface area contributed by atoms with Crippen molar-refractivity contribution in [2.45, 2.75) is 18.9 Å². The zero-order chi connectivity index (χ0) is 21.9. The Morgan fingerprint density at radius 1 is 1.00 bits per heavy atom. The van der Waals surface area contributed by atoms with Gasteiger partial charge >= 0.3 is 0 Å². The van der Waals surface area contributed by atoms with Crippen molar-refractivity contribution in [2.75, 3.05) is 36.0 Å². The summed E-state index contributed by atoms with van der Waals surface area (Å²) in [5, 5.41) is 3.13. The van der Waals surface area contributed by atoms with Crippen LogP contribution in [0.3, 0.4) is 0 Å². The van der Waals surface area contributed by atoms with Gasteiger partial charge < -0.3 is 15.1 Å². The quantitative estimate of drug-likeness (QED) is 0.674. The van der Waals surface area contributed by atoms with E-state index in [2.05, 4.69) is 32.2 Å². The van der Waals surface area contributed by atoms with E-state index in [-0.39, 0.29) is 23.7 Å². The maximum absolute atomic E-state index is 14.5. The lowest BCUT2D eigenvalue weighted by molar-refractivity contribution is -0.125. The number of para-hydroxylation sites is 2. The van der Waals surface area contributed by atoms with Gasteiger partial charge in [-0.1, -0.05) is 36.4 Å². The first-order chi connectivity index (χ1) is 15.7. The molecule has 2 aromatic carbocycles. The van der Waals surface area contributed by atoms with E-state index in [1.165, 1.54) is 17.3 Å². The van der Waals surface area contributed by atoms with Gasteiger partial charge in [0.2, 0.25) is 5.91 Å². The van der Waals surface area contributed by atoms with Crippen LogP contribution in [0.25, 0.3) is 0 Å². The molecule has 5 rings (SSSR count). The van der Waals surface area contributed by atoms with Gasteiger partial charge in [-0.05, 0) is 42.3 Å². The van der Waals surface area contributed by atoms with Crippen LogP contribution < -0.4 is 15.1 Å². The zero-order valence-corrected chi connectivity index (χ0v) is 18.0. The Balaban J connectivity index is 1.35. The fourth-order valence-electron chi connectivity index (χ4n) is 4.98. The Morgan fingerprint density at radius 2 is 1.78 bits per heavy atom. The van der Waals surface area contributed by atoms with Gasteiger partial charge in [0.25, 0.3) is 0 Å². The minimum Gasteiger partial charge on any atom is -0.365 e. The molecule has 3 heterocycles. The molecular formula is C26H27FN4O. The van der Waals surface area contributed by atoms with Crippen LogP contribution in [0, 0.1) is 11.7 Å². The molecule has 0 saturated carbocycles. The van der Waals surface area contributed by atoms with E-state index in [4.69, 9.17) is 0 Å². The van der Waals surface area contributed by atoms with Gasteiger partial charge in [-0.15, -0.1) is 0 Å². The van der Waals surface area contributed by atoms with Crippen LogP contribution in [0.2, 0.25) is 0 Å². The Bertz CT molecular complexity index is 1090. The lowest BCUT2D eigenvalue weighted by Crippen LogP contribution is -2.61. The first kappa shape index (κ1) is 20.5. The summed E-state index contributed by atoms with van der Waals surface area (Å²) in [6.07, 6.45) is 3.16. The van der Waals surface area contributed by atoms with E-state index in [1.54, 1.807) is 12.3 Å². The van der Waals surface area contributed by atoms with Crippen LogP contribution in [0.15, 0.2) is 72.9 Å². The standard InChI is InChI=1S/C26H27FN4O/c27-22-9-2-4-11-24(22)30-15-16-31-23-10-3-1-7-19(23)17-21(25(31)18-30)26(32)29-14-12-20-8-5-6-13-28-20/h1-11,13,21,25H,12,14-18H2,(H,29,32)/t21-,25-/m1/s1. The number of anilines is 2. The second-order valence-electron chi connectivity index (χ2n) is 8.46. The molecule has 0 radical (unpaired) electrons. The Hall–Kier alpha value is -3.41. The minimum absolute atomic E-state index is 0.00638. The van der Waals surface area contributed by atoms with Crippen LogP contribution in [-0.2, 0) is 17.6 Å². The smallest absolute Gasteiger partial charge is 0.225 e. The molecule has 1 aromatic heterocycles.